The van der Waals surface area contributed by atoms with E-state index in [9.17, 15) is 18.0 Å². The third kappa shape index (κ3) is 4.74. The fraction of sp³-hybridized carbons (Fsp3) is 0.143. The third-order valence-corrected chi connectivity index (χ3v) is 4.03. The van der Waals surface area contributed by atoms with Crippen LogP contribution in [0.25, 0.3) is 0 Å². The SMILES string of the molecule is COC(=O)c1cc(N)ccc1N(C(=O)Nc1nc(Cl)cc(OC)n1)[SH](=O)=O. The second-order valence-electron chi connectivity index (χ2n) is 4.80. The Morgan fingerprint density at radius 3 is 2.52 bits per heavy atom. The first kappa shape index (κ1) is 20.2. The summed E-state index contributed by atoms with van der Waals surface area (Å²) in [5, 5.41) is 2.13. The number of nitrogens with zero attached hydrogens (tertiary/aromatic N) is 3. The number of nitrogens with one attached hydrogen (secondary N) is 1. The highest BCUT2D eigenvalue weighted by Gasteiger charge is 2.26. The van der Waals surface area contributed by atoms with Crippen LogP contribution in [0.2, 0.25) is 5.15 Å². The van der Waals surface area contributed by atoms with Crippen molar-refractivity contribution in [3.63, 3.8) is 0 Å². The molecule has 2 aromatic rings. The van der Waals surface area contributed by atoms with E-state index < -0.39 is 22.9 Å². The summed E-state index contributed by atoms with van der Waals surface area (Å²) in [6, 6.07) is 3.81. The molecule has 0 radical (unpaired) electrons. The number of carbonyl (C=O) groups excluding carboxylic acids is 2. The van der Waals surface area contributed by atoms with Gasteiger partial charge in [0.05, 0.1) is 25.5 Å². The van der Waals surface area contributed by atoms with E-state index in [0.717, 1.165) is 7.11 Å². The Balaban J connectivity index is 2.45. The van der Waals surface area contributed by atoms with E-state index in [4.69, 9.17) is 22.1 Å². The molecule has 2 amide bonds. The van der Waals surface area contributed by atoms with Crippen LogP contribution >= 0.6 is 11.6 Å². The van der Waals surface area contributed by atoms with Crippen molar-refractivity contribution < 1.29 is 27.5 Å². The Morgan fingerprint density at radius 1 is 1.22 bits per heavy atom. The maximum Gasteiger partial charge on any atom is 0.342 e. The van der Waals surface area contributed by atoms with Crippen LogP contribution in [0.4, 0.5) is 22.1 Å². The number of methoxy groups -OCH3 is 2. The molecule has 0 fully saturated rings. The molecular weight excluding hydrogens is 402 g/mol. The summed E-state index contributed by atoms with van der Waals surface area (Å²) in [5.74, 6) is -1.14. The molecule has 3 N–H and O–H groups in total. The van der Waals surface area contributed by atoms with Gasteiger partial charge >= 0.3 is 12.0 Å². The van der Waals surface area contributed by atoms with Crippen molar-refractivity contribution in [1.29, 1.82) is 0 Å². The molecule has 1 aromatic heterocycles. The molecule has 0 bridgehead atoms. The first-order valence-electron chi connectivity index (χ1n) is 7.08. The number of urea groups is 1. The van der Waals surface area contributed by atoms with Gasteiger partial charge in [0.25, 0.3) is 0 Å². The van der Waals surface area contributed by atoms with E-state index in [1.54, 1.807) is 0 Å². The summed E-state index contributed by atoms with van der Waals surface area (Å²) in [5.41, 5.74) is 5.30. The minimum absolute atomic E-state index is 0.0436. The summed E-state index contributed by atoms with van der Waals surface area (Å²) in [6.45, 7) is 0. The topological polar surface area (TPSA) is 154 Å². The van der Waals surface area contributed by atoms with E-state index >= 15 is 0 Å². The number of nitrogen functional groups attached to an aromatic ring is 1. The number of benzene rings is 1. The predicted molar refractivity (Wildman–Crippen MR) is 97.6 cm³/mol. The monoisotopic (exact) mass is 415 g/mol. The van der Waals surface area contributed by atoms with Crippen LogP contribution in [0.15, 0.2) is 24.3 Å². The number of hydrogen-bond donors (Lipinski definition) is 3. The molecule has 0 aliphatic rings. The smallest absolute Gasteiger partial charge is 0.342 e. The lowest BCUT2D eigenvalue weighted by atomic mass is 10.1. The number of nitrogens with two attached hydrogens (primary N) is 1. The number of halogens is 1. The van der Waals surface area contributed by atoms with Gasteiger partial charge < -0.3 is 15.2 Å². The van der Waals surface area contributed by atoms with Gasteiger partial charge in [-0.1, -0.05) is 11.6 Å². The summed E-state index contributed by atoms with van der Waals surface area (Å²) in [4.78, 5) is 32.0. The average Bonchev–Trinajstić information content (AvgIpc) is 2.61. The summed E-state index contributed by atoms with van der Waals surface area (Å²) < 4.78 is 33.2. The molecule has 0 unspecified atom stereocenters. The fourth-order valence-corrected chi connectivity index (χ4v) is 2.71. The minimum Gasteiger partial charge on any atom is -0.481 e. The lowest BCUT2D eigenvalue weighted by molar-refractivity contribution is 0.0602. The molecule has 0 aliphatic heterocycles. The largest absolute Gasteiger partial charge is 0.481 e. The van der Waals surface area contributed by atoms with Crippen molar-refractivity contribution >= 4 is 51.8 Å². The first-order valence-corrected chi connectivity index (χ1v) is 8.59. The second-order valence-corrected chi connectivity index (χ2v) is 6.07. The van der Waals surface area contributed by atoms with Gasteiger partial charge in [-0.3, -0.25) is 5.32 Å². The number of carbonyl (C=O) groups is 2. The number of hydrogen-bond acceptors (Lipinski definition) is 9. The Bertz CT molecular complexity index is 959. The Hall–Kier alpha value is -3.12. The zero-order valence-electron chi connectivity index (χ0n) is 14.0. The molecule has 0 spiro atoms. The Labute approximate surface area is 160 Å². The molecule has 13 heteroatoms. The number of aromatic nitrogens is 2. The first-order chi connectivity index (χ1) is 12.8. The summed E-state index contributed by atoms with van der Waals surface area (Å²) in [7, 11) is -1.08. The van der Waals surface area contributed by atoms with Crippen molar-refractivity contribution in [3.05, 3.63) is 35.0 Å². The zero-order chi connectivity index (χ0) is 20.1. The molecule has 0 atom stereocenters. The number of thiol groups is 1. The summed E-state index contributed by atoms with van der Waals surface area (Å²) >= 11 is 5.78. The zero-order valence-corrected chi connectivity index (χ0v) is 15.7. The number of ether oxygens (including phenoxy) is 2. The molecule has 0 saturated heterocycles. The molecule has 0 saturated carbocycles. The number of anilines is 3. The van der Waals surface area contributed by atoms with Crippen LogP contribution in [-0.4, -0.2) is 44.6 Å². The highest BCUT2D eigenvalue weighted by Crippen LogP contribution is 2.25. The molecular formula is C14H14ClN5O6S. The van der Waals surface area contributed by atoms with Crippen molar-refractivity contribution in [3.8, 4) is 5.88 Å². The number of amides is 2. The van der Waals surface area contributed by atoms with Crippen LogP contribution in [0.1, 0.15) is 10.4 Å². The van der Waals surface area contributed by atoms with Gasteiger partial charge in [-0.2, -0.15) is 9.29 Å². The van der Waals surface area contributed by atoms with E-state index in [1.807, 2.05) is 0 Å². The van der Waals surface area contributed by atoms with Crippen LogP contribution in [0.5, 0.6) is 5.88 Å². The molecule has 27 heavy (non-hydrogen) atoms. The third-order valence-electron chi connectivity index (χ3n) is 3.11. The number of esters is 1. The maximum absolute atomic E-state index is 12.5. The highest BCUT2D eigenvalue weighted by atomic mass is 35.5. The van der Waals surface area contributed by atoms with Crippen LogP contribution in [0.3, 0.4) is 0 Å². The maximum atomic E-state index is 12.5. The van der Waals surface area contributed by atoms with Gasteiger partial charge in [0.1, 0.15) is 5.15 Å². The lowest BCUT2D eigenvalue weighted by Gasteiger charge is -2.19. The van der Waals surface area contributed by atoms with Crippen molar-refractivity contribution in [2.45, 2.75) is 0 Å². The average molecular weight is 416 g/mol. The molecule has 144 valence electrons. The second kappa shape index (κ2) is 8.51. The van der Waals surface area contributed by atoms with Crippen LogP contribution in [-0.2, 0) is 15.6 Å². The quantitative estimate of drug-likeness (QED) is 0.281. The Kier molecular flexibility index (Phi) is 6.36. The van der Waals surface area contributed by atoms with Crippen molar-refractivity contribution in [1.82, 2.24) is 9.97 Å². The van der Waals surface area contributed by atoms with E-state index in [2.05, 4.69) is 20.0 Å². The van der Waals surface area contributed by atoms with Crippen molar-refractivity contribution in [2.75, 3.05) is 29.6 Å². The molecule has 0 aliphatic carbocycles. The Morgan fingerprint density at radius 2 is 1.93 bits per heavy atom. The van der Waals surface area contributed by atoms with E-state index in [1.165, 1.54) is 31.4 Å². The van der Waals surface area contributed by atoms with Crippen LogP contribution in [0, 0.1) is 0 Å². The molecule has 1 aromatic carbocycles. The van der Waals surface area contributed by atoms with Gasteiger partial charge in [0, 0.05) is 11.8 Å². The molecule has 2 rings (SSSR count). The fourth-order valence-electron chi connectivity index (χ4n) is 1.99. The van der Waals surface area contributed by atoms with E-state index in [-0.39, 0.29) is 33.9 Å². The lowest BCUT2D eigenvalue weighted by Crippen LogP contribution is -2.35. The molecule has 1 heterocycles. The standard InChI is InChI=1S/C14H14ClN5O6S/c1-25-11-6-10(15)17-13(18-11)19-14(22)20(27(23)24)9-4-3-7(16)5-8(9)12(21)26-2/h3-6,27H,16H2,1-2H3,(H,17,18,19,22). The predicted octanol–water partition coefficient (Wildman–Crippen LogP) is 1.07. The normalized spacial score (nSPS) is 10.4. The summed E-state index contributed by atoms with van der Waals surface area (Å²) in [6.07, 6.45) is 0. The molecule has 11 nitrogen and oxygen atoms in total. The van der Waals surface area contributed by atoms with Gasteiger partial charge in [0.2, 0.25) is 22.7 Å². The van der Waals surface area contributed by atoms with Gasteiger partial charge in [-0.05, 0) is 18.2 Å². The van der Waals surface area contributed by atoms with Crippen LogP contribution < -0.4 is 20.1 Å². The van der Waals surface area contributed by atoms with Crippen molar-refractivity contribution in [2.24, 2.45) is 0 Å². The van der Waals surface area contributed by atoms with Gasteiger partial charge in [0.15, 0.2) is 0 Å². The number of rotatable bonds is 5. The highest BCUT2D eigenvalue weighted by molar-refractivity contribution is 7.75. The van der Waals surface area contributed by atoms with Gasteiger partial charge in [-0.15, -0.1) is 0 Å². The van der Waals surface area contributed by atoms with Gasteiger partial charge in [-0.25, -0.2) is 23.0 Å². The van der Waals surface area contributed by atoms with E-state index in [0.29, 0.717) is 4.31 Å². The minimum atomic E-state index is -3.50.